The van der Waals surface area contributed by atoms with Gasteiger partial charge < -0.3 is 30.7 Å². The fraction of sp³-hybridized carbons (Fsp3) is 0.621. The van der Waals surface area contributed by atoms with E-state index in [1.807, 2.05) is 32.9 Å². The molecular formula is C29H46N4O7. The Balaban J connectivity index is 3.63. The molecule has 224 valence electrons. The maximum absolute atomic E-state index is 14.2. The molecule has 0 saturated heterocycles. The Bertz CT molecular complexity index is 1080. The molecule has 0 heterocycles. The third kappa shape index (κ3) is 10.5. The van der Waals surface area contributed by atoms with Crippen LogP contribution in [-0.2, 0) is 28.7 Å². The first kappa shape index (κ1) is 34.4. The summed E-state index contributed by atoms with van der Waals surface area (Å²) in [7, 11) is 0. The first-order chi connectivity index (χ1) is 18.4. The molecule has 0 spiro atoms. The summed E-state index contributed by atoms with van der Waals surface area (Å²) < 4.78 is 10.3. The molecule has 4 amide bonds. The van der Waals surface area contributed by atoms with E-state index in [1.165, 1.54) is 4.90 Å². The Morgan fingerprint density at radius 2 is 1.62 bits per heavy atom. The van der Waals surface area contributed by atoms with Crippen molar-refractivity contribution in [1.29, 1.82) is 0 Å². The Labute approximate surface area is 237 Å². The van der Waals surface area contributed by atoms with Crippen LogP contribution in [0.5, 0.6) is 0 Å². The second-order valence-corrected chi connectivity index (χ2v) is 11.3. The molecule has 0 aromatic heterocycles. The smallest absolute Gasteiger partial charge is 0.408 e. The zero-order valence-corrected chi connectivity index (χ0v) is 25.3. The first-order valence-corrected chi connectivity index (χ1v) is 13.5. The monoisotopic (exact) mass is 562 g/mol. The van der Waals surface area contributed by atoms with Crippen molar-refractivity contribution in [3.8, 4) is 0 Å². The van der Waals surface area contributed by atoms with Crippen LogP contribution >= 0.6 is 0 Å². The standard InChI is InChI=1S/C29H46N4O7/c1-10-29(8,9)33(26(37)21(17-22(30)34)32-27(38)40-28(5,6)7)24(20-13-12-18(3)19(4)16-20)25(36)31-15-14-23(35)39-11-2/h12-13,16,21,24H,10-11,14-15,17H2,1-9H3,(H2,30,34)(H,31,36)(H,32,38). The minimum Gasteiger partial charge on any atom is -0.466 e. The van der Waals surface area contributed by atoms with Crippen molar-refractivity contribution < 1.29 is 33.4 Å². The topological polar surface area (TPSA) is 157 Å². The quantitative estimate of drug-likeness (QED) is 0.312. The predicted molar refractivity (Wildman–Crippen MR) is 151 cm³/mol. The Morgan fingerprint density at radius 3 is 2.12 bits per heavy atom. The van der Waals surface area contributed by atoms with E-state index in [2.05, 4.69) is 10.6 Å². The number of carbonyl (C=O) groups is 5. The molecule has 0 bridgehead atoms. The van der Waals surface area contributed by atoms with E-state index >= 15 is 0 Å². The highest BCUT2D eigenvalue weighted by Crippen LogP contribution is 2.33. The molecule has 0 radical (unpaired) electrons. The summed E-state index contributed by atoms with van der Waals surface area (Å²) >= 11 is 0. The largest absolute Gasteiger partial charge is 0.466 e. The van der Waals surface area contributed by atoms with Crippen LogP contribution in [0.25, 0.3) is 0 Å². The summed E-state index contributed by atoms with van der Waals surface area (Å²) in [6, 6.07) is 2.89. The number of aryl methyl sites for hydroxylation is 2. The van der Waals surface area contributed by atoms with E-state index in [0.717, 1.165) is 11.1 Å². The lowest BCUT2D eigenvalue weighted by atomic mass is 9.90. The number of esters is 1. The highest BCUT2D eigenvalue weighted by Gasteiger charge is 2.43. The van der Waals surface area contributed by atoms with Crippen LogP contribution in [0, 0.1) is 13.8 Å². The van der Waals surface area contributed by atoms with E-state index in [-0.39, 0.29) is 19.6 Å². The van der Waals surface area contributed by atoms with Gasteiger partial charge in [0.05, 0.1) is 19.4 Å². The van der Waals surface area contributed by atoms with E-state index in [4.69, 9.17) is 15.2 Å². The zero-order chi connectivity index (χ0) is 30.8. The van der Waals surface area contributed by atoms with Gasteiger partial charge in [0.2, 0.25) is 17.7 Å². The summed E-state index contributed by atoms with van der Waals surface area (Å²) in [5.41, 5.74) is 6.12. The van der Waals surface area contributed by atoms with E-state index < -0.39 is 59.4 Å². The van der Waals surface area contributed by atoms with Crippen molar-refractivity contribution in [3.63, 3.8) is 0 Å². The Morgan fingerprint density at radius 1 is 1.00 bits per heavy atom. The molecule has 0 fully saturated rings. The van der Waals surface area contributed by atoms with Crippen molar-refractivity contribution >= 4 is 29.8 Å². The van der Waals surface area contributed by atoms with Crippen LogP contribution in [0.3, 0.4) is 0 Å². The van der Waals surface area contributed by atoms with Crippen LogP contribution in [0.2, 0.25) is 0 Å². The highest BCUT2D eigenvalue weighted by atomic mass is 16.6. The molecule has 2 atom stereocenters. The number of rotatable bonds is 13. The maximum Gasteiger partial charge on any atom is 0.408 e. The predicted octanol–water partition coefficient (Wildman–Crippen LogP) is 3.20. The molecule has 0 aliphatic carbocycles. The van der Waals surface area contributed by atoms with Gasteiger partial charge in [-0.05, 0) is 78.5 Å². The third-order valence-electron chi connectivity index (χ3n) is 6.44. The molecule has 4 N–H and O–H groups in total. The number of primary amides is 1. The molecule has 1 rings (SSSR count). The summed E-state index contributed by atoms with van der Waals surface area (Å²) in [4.78, 5) is 65.8. The number of benzene rings is 1. The second kappa shape index (κ2) is 14.7. The van der Waals surface area contributed by atoms with Crippen LogP contribution < -0.4 is 16.4 Å². The molecule has 2 unspecified atom stereocenters. The highest BCUT2D eigenvalue weighted by molar-refractivity contribution is 5.95. The average Bonchev–Trinajstić information content (AvgIpc) is 2.82. The minimum absolute atomic E-state index is 0.00549. The lowest BCUT2D eigenvalue weighted by Crippen LogP contribution is -2.60. The van der Waals surface area contributed by atoms with Crippen molar-refractivity contribution in [2.24, 2.45) is 5.73 Å². The summed E-state index contributed by atoms with van der Waals surface area (Å²) in [5.74, 6) is -2.49. The number of hydrogen-bond donors (Lipinski definition) is 3. The maximum atomic E-state index is 14.2. The zero-order valence-electron chi connectivity index (χ0n) is 25.3. The van der Waals surface area contributed by atoms with Crippen LogP contribution in [0.15, 0.2) is 18.2 Å². The second-order valence-electron chi connectivity index (χ2n) is 11.3. The molecule has 11 nitrogen and oxygen atoms in total. The molecule has 1 aromatic rings. The number of hydrogen-bond acceptors (Lipinski definition) is 7. The SMILES string of the molecule is CCOC(=O)CCNC(=O)C(c1ccc(C)c(C)c1)N(C(=O)C(CC(N)=O)NC(=O)OC(C)(C)C)C(C)(C)CC. The van der Waals surface area contributed by atoms with Gasteiger partial charge in [0.15, 0.2) is 0 Å². The van der Waals surface area contributed by atoms with Gasteiger partial charge in [0.1, 0.15) is 17.7 Å². The van der Waals surface area contributed by atoms with Gasteiger partial charge in [-0.2, -0.15) is 0 Å². The van der Waals surface area contributed by atoms with Gasteiger partial charge in [-0.1, -0.05) is 25.1 Å². The number of alkyl carbamates (subject to hydrolysis) is 1. The van der Waals surface area contributed by atoms with Crippen molar-refractivity contribution in [2.45, 2.75) is 105 Å². The fourth-order valence-corrected chi connectivity index (χ4v) is 3.93. The minimum atomic E-state index is -1.39. The van der Waals surface area contributed by atoms with E-state index in [1.54, 1.807) is 47.6 Å². The lowest BCUT2D eigenvalue weighted by Gasteiger charge is -2.44. The van der Waals surface area contributed by atoms with Gasteiger partial charge in [-0.25, -0.2) is 4.79 Å². The van der Waals surface area contributed by atoms with Gasteiger partial charge in [0.25, 0.3) is 0 Å². The van der Waals surface area contributed by atoms with Crippen LogP contribution in [0.4, 0.5) is 4.79 Å². The van der Waals surface area contributed by atoms with Crippen molar-refractivity contribution in [2.75, 3.05) is 13.2 Å². The van der Waals surface area contributed by atoms with Crippen LogP contribution in [-0.4, -0.2) is 65.0 Å². The van der Waals surface area contributed by atoms with Gasteiger partial charge in [-0.3, -0.25) is 19.2 Å². The number of carbonyl (C=O) groups excluding carboxylic acids is 5. The summed E-state index contributed by atoms with van der Waals surface area (Å²) in [6.07, 6.45) is -1.01. The van der Waals surface area contributed by atoms with Crippen LogP contribution in [0.1, 0.15) is 90.5 Å². The van der Waals surface area contributed by atoms with Gasteiger partial charge in [-0.15, -0.1) is 0 Å². The number of nitrogens with two attached hydrogens (primary N) is 1. The molecule has 40 heavy (non-hydrogen) atoms. The van der Waals surface area contributed by atoms with E-state index in [0.29, 0.717) is 12.0 Å². The Kier molecular flexibility index (Phi) is 12.6. The number of nitrogens with one attached hydrogen (secondary N) is 2. The molecule has 11 heteroatoms. The van der Waals surface area contributed by atoms with E-state index in [9.17, 15) is 24.0 Å². The normalized spacial score (nSPS) is 13.0. The summed E-state index contributed by atoms with van der Waals surface area (Å²) in [6.45, 7) is 16.2. The van der Waals surface area contributed by atoms with Crippen molar-refractivity contribution in [1.82, 2.24) is 15.5 Å². The number of nitrogens with zero attached hydrogens (tertiary/aromatic N) is 1. The number of amides is 4. The van der Waals surface area contributed by atoms with Gasteiger partial charge in [0, 0.05) is 12.1 Å². The Hall–Kier alpha value is -3.63. The molecular weight excluding hydrogens is 516 g/mol. The third-order valence-corrected chi connectivity index (χ3v) is 6.44. The molecule has 0 aliphatic rings. The van der Waals surface area contributed by atoms with Gasteiger partial charge >= 0.3 is 12.1 Å². The molecule has 0 aliphatic heterocycles. The average molecular weight is 563 g/mol. The summed E-state index contributed by atoms with van der Waals surface area (Å²) in [5, 5.41) is 5.22. The lowest BCUT2D eigenvalue weighted by molar-refractivity contribution is -0.150. The fourth-order valence-electron chi connectivity index (χ4n) is 3.93. The molecule has 1 aromatic carbocycles. The van der Waals surface area contributed by atoms with Crippen molar-refractivity contribution in [3.05, 3.63) is 34.9 Å². The first-order valence-electron chi connectivity index (χ1n) is 13.5. The molecule has 0 saturated carbocycles. The number of ether oxygens (including phenoxy) is 2.